The number of halogens is 2. The van der Waals surface area contributed by atoms with Gasteiger partial charge in [0.1, 0.15) is 29.0 Å². The van der Waals surface area contributed by atoms with Crippen LogP contribution in [0.1, 0.15) is 98.3 Å². The lowest BCUT2D eigenvalue weighted by atomic mass is 9.99. The van der Waals surface area contributed by atoms with Crippen molar-refractivity contribution in [2.24, 2.45) is 0 Å². The number of hydrogen-bond acceptors (Lipinski definition) is 10. The van der Waals surface area contributed by atoms with Gasteiger partial charge in [-0.15, -0.1) is 0 Å². The Balaban J connectivity index is 1.83. The van der Waals surface area contributed by atoms with E-state index in [4.69, 9.17) is 42.1 Å². The van der Waals surface area contributed by atoms with Crippen LogP contribution in [0, 0.1) is 0 Å². The van der Waals surface area contributed by atoms with Crippen molar-refractivity contribution in [2.45, 2.75) is 105 Å². The van der Waals surface area contributed by atoms with Gasteiger partial charge in [0.15, 0.2) is 11.6 Å². The molecule has 3 amide bonds. The highest BCUT2D eigenvalue weighted by atomic mass is 35.5. The van der Waals surface area contributed by atoms with Crippen LogP contribution >= 0.6 is 23.2 Å². The van der Waals surface area contributed by atoms with Crippen LogP contribution in [0.5, 0.6) is 5.75 Å². The molecule has 0 aliphatic carbocycles. The lowest BCUT2D eigenvalue weighted by molar-refractivity contribution is 0.00753. The van der Waals surface area contributed by atoms with Crippen LogP contribution in [0.4, 0.5) is 20.2 Å². The molecule has 0 saturated heterocycles. The summed E-state index contributed by atoms with van der Waals surface area (Å²) in [6, 6.07) is 8.30. The van der Waals surface area contributed by atoms with Crippen molar-refractivity contribution in [1.29, 1.82) is 0 Å². The standard InChI is InChI=1S/C36H44Cl2N4O8/c1-20(25-15-24(37)11-12-26(25)38)47-28-14-22(17-40-30(28)42(32(45)49-35(5,6)7)33(46)50-36(8,9)10)21-13-23-18-41(31(44)48-34(2,3)4)19-27(43)29(23)39-16-21/h11-17,20,27,43H,18-19H2,1-10H3. The third-order valence-corrected chi connectivity index (χ3v) is 7.53. The van der Waals surface area contributed by atoms with Gasteiger partial charge in [0.05, 0.1) is 18.8 Å². The fourth-order valence-electron chi connectivity index (χ4n) is 4.93. The van der Waals surface area contributed by atoms with E-state index in [1.807, 2.05) is 0 Å². The van der Waals surface area contributed by atoms with Crippen LogP contribution in [-0.4, -0.2) is 61.6 Å². The second kappa shape index (κ2) is 14.6. The minimum atomic E-state index is -1.03. The summed E-state index contributed by atoms with van der Waals surface area (Å²) in [7, 11) is 0. The average molecular weight is 732 g/mol. The van der Waals surface area contributed by atoms with Crippen molar-refractivity contribution < 1.29 is 38.4 Å². The Morgan fingerprint density at radius 3 is 2.00 bits per heavy atom. The van der Waals surface area contributed by atoms with Gasteiger partial charge in [-0.1, -0.05) is 23.2 Å². The first-order chi connectivity index (χ1) is 23.0. The smallest absolute Gasteiger partial charge is 0.425 e. The summed E-state index contributed by atoms with van der Waals surface area (Å²) in [5.41, 5.74) is -0.0320. The fraction of sp³-hybridized carbons (Fsp3) is 0.472. The molecule has 1 aliphatic rings. The first kappa shape index (κ1) is 38.7. The van der Waals surface area contributed by atoms with E-state index in [1.165, 1.54) is 11.1 Å². The predicted octanol–water partition coefficient (Wildman–Crippen LogP) is 9.05. The van der Waals surface area contributed by atoms with Gasteiger partial charge in [-0.3, -0.25) is 4.98 Å². The zero-order valence-electron chi connectivity index (χ0n) is 30.0. The molecule has 0 bridgehead atoms. The zero-order valence-corrected chi connectivity index (χ0v) is 31.5. The highest BCUT2D eigenvalue weighted by Crippen LogP contribution is 2.38. The number of pyridine rings is 2. The second-order valence-corrected chi connectivity index (χ2v) is 15.8. The number of benzene rings is 1. The Kier molecular flexibility index (Phi) is 11.3. The van der Waals surface area contributed by atoms with Crippen molar-refractivity contribution in [3.63, 3.8) is 0 Å². The maximum atomic E-state index is 13.6. The number of imide groups is 1. The molecule has 0 spiro atoms. The quantitative estimate of drug-likeness (QED) is 0.253. The topological polar surface area (TPSA) is 141 Å². The van der Waals surface area contributed by atoms with E-state index in [1.54, 1.807) is 106 Å². The number of rotatable bonds is 5. The third kappa shape index (κ3) is 9.98. The molecule has 12 nitrogen and oxygen atoms in total. The number of carbonyl (C=O) groups excluding carboxylic acids is 3. The van der Waals surface area contributed by atoms with E-state index in [2.05, 4.69) is 9.97 Å². The molecule has 0 radical (unpaired) electrons. The van der Waals surface area contributed by atoms with E-state index in [0.29, 0.717) is 42.9 Å². The molecular formula is C36H44Cl2N4O8. The number of amides is 3. The Bertz CT molecular complexity index is 1740. The number of carbonyl (C=O) groups is 3. The Hall–Kier alpha value is -4.13. The van der Waals surface area contributed by atoms with E-state index in [0.717, 1.165) is 0 Å². The van der Waals surface area contributed by atoms with Gasteiger partial charge in [-0.25, -0.2) is 19.4 Å². The first-order valence-corrected chi connectivity index (χ1v) is 16.8. The number of anilines is 1. The number of aromatic nitrogens is 2. The highest BCUT2D eigenvalue weighted by molar-refractivity contribution is 6.33. The maximum Gasteiger partial charge on any atom is 0.425 e. The molecule has 3 heterocycles. The zero-order chi connectivity index (χ0) is 37.3. The van der Waals surface area contributed by atoms with Gasteiger partial charge in [0.25, 0.3) is 0 Å². The first-order valence-electron chi connectivity index (χ1n) is 16.0. The second-order valence-electron chi connectivity index (χ2n) is 14.9. The molecule has 0 fully saturated rings. The summed E-state index contributed by atoms with van der Waals surface area (Å²) < 4.78 is 23.1. The Labute approximate surface area is 302 Å². The summed E-state index contributed by atoms with van der Waals surface area (Å²) in [4.78, 5) is 51.2. The van der Waals surface area contributed by atoms with Crippen molar-refractivity contribution >= 4 is 47.3 Å². The third-order valence-electron chi connectivity index (χ3n) is 6.95. The largest absolute Gasteiger partial charge is 0.482 e. The summed E-state index contributed by atoms with van der Waals surface area (Å²) in [5, 5.41) is 11.7. The summed E-state index contributed by atoms with van der Waals surface area (Å²) in [6.07, 6.45) is -1.40. The molecule has 1 aliphatic heterocycles. The van der Waals surface area contributed by atoms with Crippen molar-refractivity contribution in [1.82, 2.24) is 14.9 Å². The number of aliphatic hydroxyl groups excluding tert-OH is 1. The molecule has 14 heteroatoms. The SMILES string of the molecule is CC(Oc1cc(-c2cnc3c(c2)CN(C(=O)OC(C)(C)C)CC3O)cnc1N(C(=O)OC(C)(C)C)C(=O)OC(C)(C)C)c1cc(Cl)ccc1Cl. The number of nitrogens with zero attached hydrogens (tertiary/aromatic N) is 4. The van der Waals surface area contributed by atoms with Gasteiger partial charge in [0.2, 0.25) is 0 Å². The van der Waals surface area contributed by atoms with Crippen molar-refractivity contribution in [3.05, 3.63) is 69.6 Å². The summed E-state index contributed by atoms with van der Waals surface area (Å²) in [5.74, 6) is -0.185. The van der Waals surface area contributed by atoms with E-state index >= 15 is 0 Å². The molecule has 2 unspecified atom stereocenters. The Morgan fingerprint density at radius 1 is 0.860 bits per heavy atom. The van der Waals surface area contributed by atoms with E-state index in [-0.39, 0.29) is 24.7 Å². The lowest BCUT2D eigenvalue weighted by Crippen LogP contribution is -2.44. The van der Waals surface area contributed by atoms with Crippen molar-refractivity contribution in [2.75, 3.05) is 11.4 Å². The van der Waals surface area contributed by atoms with Crippen LogP contribution < -0.4 is 9.64 Å². The van der Waals surface area contributed by atoms with E-state index in [9.17, 15) is 19.5 Å². The van der Waals surface area contributed by atoms with Gasteiger partial charge in [-0.2, -0.15) is 4.90 Å². The van der Waals surface area contributed by atoms with Gasteiger partial charge in [0, 0.05) is 39.1 Å². The molecular weight excluding hydrogens is 687 g/mol. The number of β-amino-alcohol motifs (C(OH)–C–C–N with tert-alkyl or cyclic N) is 1. The van der Waals surface area contributed by atoms with Gasteiger partial charge in [-0.05, 0) is 105 Å². The van der Waals surface area contributed by atoms with Gasteiger partial charge < -0.3 is 29.0 Å². The summed E-state index contributed by atoms with van der Waals surface area (Å²) in [6.45, 7) is 17.2. The minimum absolute atomic E-state index is 0.0101. The average Bonchev–Trinajstić information content (AvgIpc) is 2.96. The van der Waals surface area contributed by atoms with Crippen LogP contribution in [-0.2, 0) is 20.8 Å². The molecule has 4 rings (SSSR count). The predicted molar refractivity (Wildman–Crippen MR) is 190 cm³/mol. The fourth-order valence-corrected chi connectivity index (χ4v) is 5.38. The minimum Gasteiger partial charge on any atom is -0.482 e. The maximum absolute atomic E-state index is 13.6. The number of hydrogen-bond donors (Lipinski definition) is 1. The lowest BCUT2D eigenvalue weighted by Gasteiger charge is -2.33. The van der Waals surface area contributed by atoms with Crippen molar-refractivity contribution in [3.8, 4) is 16.9 Å². The van der Waals surface area contributed by atoms with Crippen LogP contribution in [0.15, 0.2) is 42.7 Å². The van der Waals surface area contributed by atoms with E-state index < -0.39 is 47.3 Å². The van der Waals surface area contributed by atoms with Crippen LogP contribution in [0.25, 0.3) is 11.1 Å². The highest BCUT2D eigenvalue weighted by Gasteiger charge is 2.37. The molecule has 270 valence electrons. The Morgan fingerprint density at radius 2 is 1.42 bits per heavy atom. The molecule has 2 aromatic heterocycles. The molecule has 2 atom stereocenters. The molecule has 1 N–H and O–H groups in total. The normalized spacial score (nSPS) is 15.5. The number of ether oxygens (including phenoxy) is 4. The molecule has 1 aromatic carbocycles. The van der Waals surface area contributed by atoms with Crippen LogP contribution in [0.2, 0.25) is 10.0 Å². The van der Waals surface area contributed by atoms with Gasteiger partial charge >= 0.3 is 18.3 Å². The molecule has 50 heavy (non-hydrogen) atoms. The number of aliphatic hydroxyl groups is 1. The molecule has 3 aromatic rings. The summed E-state index contributed by atoms with van der Waals surface area (Å²) >= 11 is 12.8. The molecule has 0 saturated carbocycles. The number of fused-ring (bicyclic) bond motifs is 1. The van der Waals surface area contributed by atoms with Crippen LogP contribution in [0.3, 0.4) is 0 Å². The monoisotopic (exact) mass is 730 g/mol.